The van der Waals surface area contributed by atoms with Gasteiger partial charge >= 0.3 is 5.97 Å². The van der Waals surface area contributed by atoms with Gasteiger partial charge in [-0.2, -0.15) is 5.26 Å². The lowest BCUT2D eigenvalue weighted by atomic mass is 9.90. The molecule has 2 atom stereocenters. The van der Waals surface area contributed by atoms with Crippen molar-refractivity contribution in [1.29, 1.82) is 5.26 Å². The van der Waals surface area contributed by atoms with E-state index in [1.54, 1.807) is 6.92 Å². The van der Waals surface area contributed by atoms with Crippen molar-refractivity contribution in [3.8, 4) is 6.07 Å². The second-order valence-corrected chi connectivity index (χ2v) is 5.92. The van der Waals surface area contributed by atoms with Gasteiger partial charge in [-0.3, -0.25) is 4.79 Å². The van der Waals surface area contributed by atoms with E-state index in [4.69, 9.17) is 5.26 Å². The molecule has 0 spiro atoms. The highest BCUT2D eigenvalue weighted by molar-refractivity contribution is 5.90. The Morgan fingerprint density at radius 1 is 1.04 bits per heavy atom. The maximum Gasteiger partial charge on any atom is 0.326 e. The molecule has 2 aromatic rings. The Morgan fingerprint density at radius 2 is 1.52 bits per heavy atom. The average molecular weight is 336 g/mol. The maximum atomic E-state index is 12.9. The number of nitrogens with zero attached hydrogens (tertiary/aromatic N) is 1. The normalized spacial score (nSPS) is 12.8. The minimum absolute atomic E-state index is 0.0634. The van der Waals surface area contributed by atoms with Crippen LogP contribution in [0.5, 0.6) is 0 Å². The lowest BCUT2D eigenvalue weighted by Gasteiger charge is -2.21. The van der Waals surface area contributed by atoms with Gasteiger partial charge in [-0.25, -0.2) is 4.79 Å². The number of amides is 1. The number of carboxylic acid groups (broad SMARTS) is 1. The van der Waals surface area contributed by atoms with Crippen LogP contribution in [0.4, 0.5) is 0 Å². The molecule has 0 unspecified atom stereocenters. The van der Waals surface area contributed by atoms with Crippen LogP contribution in [0, 0.1) is 17.2 Å². The highest BCUT2D eigenvalue weighted by Gasteiger charge is 2.28. The Morgan fingerprint density at radius 3 is 1.92 bits per heavy atom. The zero-order valence-corrected chi connectivity index (χ0v) is 13.9. The number of carbonyl (C=O) groups is 2. The molecule has 0 bridgehead atoms. The molecule has 0 aliphatic carbocycles. The molecule has 2 rings (SSSR count). The van der Waals surface area contributed by atoms with E-state index in [2.05, 4.69) is 5.32 Å². The van der Waals surface area contributed by atoms with Gasteiger partial charge in [-0.15, -0.1) is 0 Å². The predicted octanol–water partition coefficient (Wildman–Crippen LogP) is 2.94. The number of hydrogen-bond donors (Lipinski definition) is 2. The third kappa shape index (κ3) is 4.92. The van der Waals surface area contributed by atoms with Gasteiger partial charge in [0.15, 0.2) is 0 Å². The molecule has 5 heteroatoms. The Labute approximate surface area is 146 Å². The number of nitrogens with one attached hydrogen (secondary N) is 1. The molecule has 0 saturated heterocycles. The number of carbonyl (C=O) groups excluding carboxylic acids is 1. The lowest BCUT2D eigenvalue weighted by Crippen LogP contribution is -2.44. The van der Waals surface area contributed by atoms with Crippen molar-refractivity contribution in [3.63, 3.8) is 0 Å². The van der Waals surface area contributed by atoms with Crippen LogP contribution in [0.25, 0.3) is 0 Å². The summed E-state index contributed by atoms with van der Waals surface area (Å²) in [5.74, 6) is -2.61. The van der Waals surface area contributed by atoms with Gasteiger partial charge < -0.3 is 10.4 Å². The molecule has 0 aliphatic heterocycles. The average Bonchev–Trinajstić information content (AvgIpc) is 2.63. The smallest absolute Gasteiger partial charge is 0.326 e. The maximum absolute atomic E-state index is 12.9. The first kappa shape index (κ1) is 18.2. The van der Waals surface area contributed by atoms with Crippen LogP contribution in [0.2, 0.25) is 0 Å². The van der Waals surface area contributed by atoms with E-state index < -0.39 is 29.8 Å². The van der Waals surface area contributed by atoms with E-state index in [0.717, 1.165) is 11.1 Å². The third-order valence-electron chi connectivity index (χ3n) is 3.95. The molecule has 2 aromatic carbocycles. The van der Waals surface area contributed by atoms with Crippen molar-refractivity contribution in [2.24, 2.45) is 5.92 Å². The largest absolute Gasteiger partial charge is 0.480 e. The molecule has 0 fully saturated rings. The highest BCUT2D eigenvalue weighted by atomic mass is 16.4. The highest BCUT2D eigenvalue weighted by Crippen LogP contribution is 2.25. The zero-order chi connectivity index (χ0) is 18.2. The fourth-order valence-corrected chi connectivity index (χ4v) is 2.67. The van der Waals surface area contributed by atoms with Crippen molar-refractivity contribution < 1.29 is 14.7 Å². The SMILES string of the molecule is C[C@@H](C#N)C[C@H](NC(=O)C(c1ccccc1)c1ccccc1)C(=O)O. The Kier molecular flexibility index (Phi) is 6.30. The zero-order valence-electron chi connectivity index (χ0n) is 13.9. The number of rotatable bonds is 7. The number of carboxylic acids is 1. The van der Waals surface area contributed by atoms with Crippen molar-refractivity contribution in [3.05, 3.63) is 71.8 Å². The lowest BCUT2D eigenvalue weighted by molar-refractivity contribution is -0.142. The van der Waals surface area contributed by atoms with Gasteiger partial charge in [0.2, 0.25) is 5.91 Å². The van der Waals surface area contributed by atoms with Gasteiger partial charge in [0.25, 0.3) is 0 Å². The van der Waals surface area contributed by atoms with Crippen molar-refractivity contribution in [2.75, 3.05) is 0 Å². The monoisotopic (exact) mass is 336 g/mol. The van der Waals surface area contributed by atoms with Crippen molar-refractivity contribution in [1.82, 2.24) is 5.32 Å². The molecule has 2 N–H and O–H groups in total. The molecule has 0 aliphatic rings. The second kappa shape index (κ2) is 8.65. The number of hydrogen-bond acceptors (Lipinski definition) is 3. The predicted molar refractivity (Wildman–Crippen MR) is 93.7 cm³/mol. The molecule has 25 heavy (non-hydrogen) atoms. The topological polar surface area (TPSA) is 90.2 Å². The first-order valence-electron chi connectivity index (χ1n) is 8.05. The van der Waals surface area contributed by atoms with Crippen LogP contribution >= 0.6 is 0 Å². The molecular weight excluding hydrogens is 316 g/mol. The Bertz CT molecular complexity index is 714. The molecule has 5 nitrogen and oxygen atoms in total. The number of aliphatic carboxylic acids is 1. The molecule has 0 saturated carbocycles. The van der Waals surface area contributed by atoms with Gasteiger partial charge in [0, 0.05) is 5.92 Å². The summed E-state index contributed by atoms with van der Waals surface area (Å²) < 4.78 is 0. The summed E-state index contributed by atoms with van der Waals surface area (Å²) in [6.07, 6.45) is 0.0634. The van der Waals surface area contributed by atoms with Crippen molar-refractivity contribution >= 4 is 11.9 Å². The molecule has 0 radical (unpaired) electrons. The van der Waals surface area contributed by atoms with Gasteiger partial charge in [0.1, 0.15) is 6.04 Å². The summed E-state index contributed by atoms with van der Waals surface area (Å²) in [4.78, 5) is 24.3. The fraction of sp³-hybridized carbons (Fsp3) is 0.250. The van der Waals surface area contributed by atoms with Gasteiger partial charge in [-0.05, 0) is 24.5 Å². The van der Waals surface area contributed by atoms with E-state index in [0.29, 0.717) is 0 Å². The van der Waals surface area contributed by atoms with Crippen LogP contribution in [-0.2, 0) is 9.59 Å². The summed E-state index contributed by atoms with van der Waals surface area (Å²) >= 11 is 0. The van der Waals surface area contributed by atoms with Gasteiger partial charge in [-0.1, -0.05) is 60.7 Å². The van der Waals surface area contributed by atoms with E-state index in [1.807, 2.05) is 66.7 Å². The third-order valence-corrected chi connectivity index (χ3v) is 3.95. The standard InChI is InChI=1S/C20H20N2O3/c1-14(13-21)12-17(20(24)25)22-19(23)18(15-8-4-2-5-9-15)16-10-6-3-7-11-16/h2-11,14,17-18H,12H2,1H3,(H,22,23)(H,24,25)/t14-,17+/m1/s1. The van der Waals surface area contributed by atoms with Crippen LogP contribution in [-0.4, -0.2) is 23.0 Å². The van der Waals surface area contributed by atoms with Crippen LogP contribution in [0.1, 0.15) is 30.4 Å². The molecule has 0 aromatic heterocycles. The fourth-order valence-electron chi connectivity index (χ4n) is 2.67. The van der Waals surface area contributed by atoms with Gasteiger partial charge in [0.05, 0.1) is 12.0 Å². The minimum Gasteiger partial charge on any atom is -0.480 e. The Hall–Kier alpha value is -3.13. The number of nitriles is 1. The molecule has 1 amide bonds. The second-order valence-electron chi connectivity index (χ2n) is 5.92. The van der Waals surface area contributed by atoms with Crippen LogP contribution < -0.4 is 5.32 Å². The quantitative estimate of drug-likeness (QED) is 0.813. The van der Waals surface area contributed by atoms with E-state index in [1.165, 1.54) is 0 Å². The number of benzene rings is 2. The first-order chi connectivity index (χ1) is 12.0. The summed E-state index contributed by atoms with van der Waals surface area (Å²) in [7, 11) is 0. The summed E-state index contributed by atoms with van der Waals surface area (Å²) in [6, 6.07) is 19.3. The molecule has 128 valence electrons. The van der Waals surface area contributed by atoms with E-state index >= 15 is 0 Å². The summed E-state index contributed by atoms with van der Waals surface area (Å²) in [6.45, 7) is 1.63. The Balaban J connectivity index is 2.29. The molecular formula is C20H20N2O3. The minimum atomic E-state index is -1.14. The van der Waals surface area contributed by atoms with E-state index in [-0.39, 0.29) is 6.42 Å². The first-order valence-corrected chi connectivity index (χ1v) is 8.05. The van der Waals surface area contributed by atoms with Crippen LogP contribution in [0.3, 0.4) is 0 Å². The van der Waals surface area contributed by atoms with E-state index in [9.17, 15) is 14.7 Å². The van der Waals surface area contributed by atoms with Crippen molar-refractivity contribution in [2.45, 2.75) is 25.3 Å². The van der Waals surface area contributed by atoms with Crippen LogP contribution in [0.15, 0.2) is 60.7 Å². The summed E-state index contributed by atoms with van der Waals surface area (Å²) in [5, 5.41) is 20.9. The summed E-state index contributed by atoms with van der Waals surface area (Å²) in [5.41, 5.74) is 1.56. The molecule has 0 heterocycles.